The number of primary amides is 1. The molecule has 1 aromatic rings. The van der Waals surface area contributed by atoms with Crippen molar-refractivity contribution in [3.05, 3.63) is 35.6 Å². The van der Waals surface area contributed by atoms with Gasteiger partial charge in [0.15, 0.2) is 0 Å². The molecule has 0 radical (unpaired) electrons. The van der Waals surface area contributed by atoms with Crippen LogP contribution in [-0.4, -0.2) is 17.9 Å². The van der Waals surface area contributed by atoms with Crippen LogP contribution in [0.2, 0.25) is 0 Å². The highest BCUT2D eigenvalue weighted by atomic mass is 19.1. The first-order valence-electron chi connectivity index (χ1n) is 5.76. The number of nitrogens with one attached hydrogen (secondary N) is 1. The van der Waals surface area contributed by atoms with E-state index in [0.29, 0.717) is 12.0 Å². The molecule has 1 atom stereocenters. The average molecular weight is 252 g/mol. The van der Waals surface area contributed by atoms with Gasteiger partial charge in [-0.25, -0.2) is 4.39 Å². The fraction of sp³-hybridized carbons (Fsp3) is 0.385. The lowest BCUT2D eigenvalue weighted by Crippen LogP contribution is -2.45. The summed E-state index contributed by atoms with van der Waals surface area (Å²) in [6, 6.07) is 4.39. The van der Waals surface area contributed by atoms with Crippen molar-refractivity contribution in [2.75, 3.05) is 0 Å². The zero-order valence-corrected chi connectivity index (χ0v) is 10.4. The predicted octanol–water partition coefficient (Wildman–Crippen LogP) is 1.46. The number of rotatable bonds is 5. The van der Waals surface area contributed by atoms with Crippen molar-refractivity contribution in [3.8, 4) is 0 Å². The SMILES string of the molecule is CC(C)C[C@@H](NC(=O)c1ccc(F)cc1)C(N)=O. The molecule has 0 spiro atoms. The molecular weight excluding hydrogens is 235 g/mol. The van der Waals surface area contributed by atoms with Crippen molar-refractivity contribution < 1.29 is 14.0 Å². The van der Waals surface area contributed by atoms with Gasteiger partial charge < -0.3 is 11.1 Å². The van der Waals surface area contributed by atoms with E-state index in [2.05, 4.69) is 5.32 Å². The number of carbonyl (C=O) groups excluding carboxylic acids is 2. The van der Waals surface area contributed by atoms with Gasteiger partial charge in [-0.05, 0) is 36.6 Å². The van der Waals surface area contributed by atoms with Crippen molar-refractivity contribution in [2.45, 2.75) is 26.3 Å². The number of nitrogens with two attached hydrogens (primary N) is 1. The van der Waals surface area contributed by atoms with Crippen LogP contribution in [0.25, 0.3) is 0 Å². The smallest absolute Gasteiger partial charge is 0.251 e. The summed E-state index contributed by atoms with van der Waals surface area (Å²) < 4.78 is 12.7. The minimum absolute atomic E-state index is 0.232. The second kappa shape index (κ2) is 6.14. The number of carbonyl (C=O) groups is 2. The van der Waals surface area contributed by atoms with Gasteiger partial charge in [0.2, 0.25) is 5.91 Å². The Bertz CT molecular complexity index is 429. The summed E-state index contributed by atoms with van der Waals surface area (Å²) in [6.45, 7) is 3.86. The van der Waals surface area contributed by atoms with E-state index in [1.165, 1.54) is 24.3 Å². The largest absolute Gasteiger partial charge is 0.368 e. The summed E-state index contributed by atoms with van der Waals surface area (Å²) >= 11 is 0. The van der Waals surface area contributed by atoms with Crippen molar-refractivity contribution in [1.82, 2.24) is 5.32 Å². The van der Waals surface area contributed by atoms with E-state index in [9.17, 15) is 14.0 Å². The fourth-order valence-electron chi connectivity index (χ4n) is 1.56. The average Bonchev–Trinajstić information content (AvgIpc) is 2.28. The Morgan fingerprint density at radius 1 is 1.28 bits per heavy atom. The van der Waals surface area contributed by atoms with Crippen LogP contribution >= 0.6 is 0 Å². The van der Waals surface area contributed by atoms with Crippen molar-refractivity contribution >= 4 is 11.8 Å². The quantitative estimate of drug-likeness (QED) is 0.832. The Balaban J connectivity index is 2.72. The van der Waals surface area contributed by atoms with Gasteiger partial charge >= 0.3 is 0 Å². The first-order valence-corrected chi connectivity index (χ1v) is 5.76. The molecule has 0 unspecified atom stereocenters. The van der Waals surface area contributed by atoms with Crippen LogP contribution < -0.4 is 11.1 Å². The number of hydrogen-bond donors (Lipinski definition) is 2. The molecule has 0 aliphatic rings. The van der Waals surface area contributed by atoms with E-state index in [4.69, 9.17) is 5.73 Å². The van der Waals surface area contributed by atoms with Crippen LogP contribution in [0.1, 0.15) is 30.6 Å². The molecule has 2 amide bonds. The van der Waals surface area contributed by atoms with Crippen LogP contribution in [-0.2, 0) is 4.79 Å². The van der Waals surface area contributed by atoms with E-state index >= 15 is 0 Å². The molecule has 0 aromatic heterocycles. The monoisotopic (exact) mass is 252 g/mol. The maximum absolute atomic E-state index is 12.7. The first-order chi connectivity index (χ1) is 8.40. The van der Waals surface area contributed by atoms with E-state index in [1.54, 1.807) is 0 Å². The van der Waals surface area contributed by atoms with Crippen LogP contribution in [0.3, 0.4) is 0 Å². The molecule has 0 saturated heterocycles. The lowest BCUT2D eigenvalue weighted by atomic mass is 10.0. The minimum atomic E-state index is -0.706. The highest BCUT2D eigenvalue weighted by molar-refractivity contribution is 5.97. The fourth-order valence-corrected chi connectivity index (χ4v) is 1.56. The molecule has 0 bridgehead atoms. The lowest BCUT2D eigenvalue weighted by Gasteiger charge is -2.17. The van der Waals surface area contributed by atoms with Gasteiger partial charge in [-0.15, -0.1) is 0 Å². The van der Waals surface area contributed by atoms with Gasteiger partial charge in [0.05, 0.1) is 0 Å². The predicted molar refractivity (Wildman–Crippen MR) is 66.3 cm³/mol. The van der Waals surface area contributed by atoms with Crippen molar-refractivity contribution in [1.29, 1.82) is 0 Å². The van der Waals surface area contributed by atoms with Crippen LogP contribution in [0.5, 0.6) is 0 Å². The van der Waals surface area contributed by atoms with E-state index in [0.717, 1.165) is 0 Å². The number of hydrogen-bond acceptors (Lipinski definition) is 2. The Morgan fingerprint density at radius 2 is 1.83 bits per heavy atom. The number of halogens is 1. The standard InChI is InChI=1S/C13H17FN2O2/c1-8(2)7-11(12(15)17)16-13(18)9-3-5-10(14)6-4-9/h3-6,8,11H,7H2,1-2H3,(H2,15,17)(H,16,18)/t11-/m1/s1. The third-order valence-electron chi connectivity index (χ3n) is 2.46. The van der Waals surface area contributed by atoms with E-state index in [-0.39, 0.29) is 5.92 Å². The zero-order valence-electron chi connectivity index (χ0n) is 10.4. The van der Waals surface area contributed by atoms with Gasteiger partial charge in [-0.3, -0.25) is 9.59 Å². The summed E-state index contributed by atoms with van der Waals surface area (Å²) in [5.41, 5.74) is 5.52. The molecular formula is C13H17FN2O2. The summed E-state index contributed by atoms with van der Waals surface area (Å²) in [7, 11) is 0. The molecule has 98 valence electrons. The molecule has 1 rings (SSSR count). The number of amides is 2. The van der Waals surface area contributed by atoms with Gasteiger partial charge in [0, 0.05) is 5.56 Å². The highest BCUT2D eigenvalue weighted by Gasteiger charge is 2.19. The van der Waals surface area contributed by atoms with Gasteiger partial charge in [-0.1, -0.05) is 13.8 Å². The van der Waals surface area contributed by atoms with Crippen molar-refractivity contribution in [3.63, 3.8) is 0 Å². The van der Waals surface area contributed by atoms with Crippen LogP contribution in [0.4, 0.5) is 4.39 Å². The Hall–Kier alpha value is -1.91. The van der Waals surface area contributed by atoms with Crippen LogP contribution in [0.15, 0.2) is 24.3 Å². The summed E-state index contributed by atoms with van der Waals surface area (Å²) in [4.78, 5) is 23.0. The Labute approximate surface area is 105 Å². The van der Waals surface area contributed by atoms with Crippen molar-refractivity contribution in [2.24, 2.45) is 11.7 Å². The van der Waals surface area contributed by atoms with Gasteiger partial charge in [0.1, 0.15) is 11.9 Å². The summed E-state index contributed by atoms with van der Waals surface area (Å²) in [5, 5.41) is 2.55. The summed E-state index contributed by atoms with van der Waals surface area (Å²) in [6.07, 6.45) is 0.474. The normalized spacial score (nSPS) is 12.2. The third kappa shape index (κ3) is 4.16. The molecule has 1 aromatic carbocycles. The third-order valence-corrected chi connectivity index (χ3v) is 2.46. The number of benzene rings is 1. The maximum atomic E-state index is 12.7. The molecule has 0 saturated carbocycles. The second-order valence-electron chi connectivity index (χ2n) is 4.56. The molecule has 5 heteroatoms. The topological polar surface area (TPSA) is 72.2 Å². The maximum Gasteiger partial charge on any atom is 0.251 e. The summed E-state index contributed by atoms with van der Waals surface area (Å²) in [5.74, 6) is -1.19. The zero-order chi connectivity index (χ0) is 13.7. The molecule has 18 heavy (non-hydrogen) atoms. The Kier molecular flexibility index (Phi) is 4.83. The Morgan fingerprint density at radius 3 is 2.28 bits per heavy atom. The highest BCUT2D eigenvalue weighted by Crippen LogP contribution is 2.07. The first kappa shape index (κ1) is 14.2. The van der Waals surface area contributed by atoms with Gasteiger partial charge in [0.25, 0.3) is 5.91 Å². The second-order valence-corrected chi connectivity index (χ2v) is 4.56. The lowest BCUT2D eigenvalue weighted by molar-refractivity contribution is -0.120. The molecule has 3 N–H and O–H groups in total. The van der Waals surface area contributed by atoms with Gasteiger partial charge in [-0.2, -0.15) is 0 Å². The van der Waals surface area contributed by atoms with Crippen LogP contribution in [0, 0.1) is 11.7 Å². The molecule has 4 nitrogen and oxygen atoms in total. The van der Waals surface area contributed by atoms with E-state index in [1.807, 2.05) is 13.8 Å². The minimum Gasteiger partial charge on any atom is -0.368 e. The molecule has 0 heterocycles. The molecule has 0 aliphatic carbocycles. The van der Waals surface area contributed by atoms with E-state index < -0.39 is 23.7 Å². The molecule has 0 fully saturated rings. The molecule has 0 aliphatic heterocycles.